The predicted octanol–water partition coefficient (Wildman–Crippen LogP) is 1.29. The van der Waals surface area contributed by atoms with Crippen molar-refractivity contribution in [2.75, 3.05) is 6.61 Å². The normalized spacial score (nSPS) is 32.1. The highest BCUT2D eigenvalue weighted by Gasteiger charge is 2.30. The van der Waals surface area contributed by atoms with Gasteiger partial charge < -0.3 is 15.6 Å². The number of hydrogen-bond donors (Lipinski definition) is 2. The Morgan fingerprint density at radius 3 is 2.57 bits per heavy atom. The fourth-order valence-electron chi connectivity index (χ4n) is 1.60. The maximum Gasteiger partial charge on any atom is 0.0875 e. The van der Waals surface area contributed by atoms with Crippen molar-refractivity contribution in [3.8, 4) is 0 Å². The van der Waals surface area contributed by atoms with E-state index in [-0.39, 0.29) is 18.1 Å². The largest absolute Gasteiger partial charge is 0.388 e. The molecule has 84 valence electrons. The molecule has 3 unspecified atom stereocenters. The number of nitrogens with two attached hydrogens (primary N) is 1. The molecule has 0 saturated heterocycles. The number of ether oxygens (including phenoxy) is 1. The van der Waals surface area contributed by atoms with Crippen LogP contribution in [-0.2, 0) is 4.74 Å². The lowest BCUT2D eigenvalue weighted by molar-refractivity contribution is -0.0875. The molecule has 0 radical (unpaired) electrons. The third-order valence-electron chi connectivity index (χ3n) is 3.34. The van der Waals surface area contributed by atoms with Crippen molar-refractivity contribution in [2.45, 2.75) is 57.8 Å². The lowest BCUT2D eigenvalue weighted by Gasteiger charge is -2.29. The van der Waals surface area contributed by atoms with Crippen LogP contribution in [0.25, 0.3) is 0 Å². The first-order chi connectivity index (χ1) is 6.43. The van der Waals surface area contributed by atoms with Gasteiger partial charge in [-0.3, -0.25) is 0 Å². The highest BCUT2D eigenvalue weighted by atomic mass is 16.5. The van der Waals surface area contributed by atoms with Gasteiger partial charge in [0, 0.05) is 6.04 Å². The van der Waals surface area contributed by atoms with E-state index in [1.165, 1.54) is 0 Å². The average molecular weight is 201 g/mol. The predicted molar refractivity (Wildman–Crippen MR) is 57.0 cm³/mol. The van der Waals surface area contributed by atoms with Gasteiger partial charge in [0.25, 0.3) is 0 Å². The van der Waals surface area contributed by atoms with Crippen molar-refractivity contribution in [1.29, 1.82) is 0 Å². The van der Waals surface area contributed by atoms with Gasteiger partial charge in [0.2, 0.25) is 0 Å². The summed E-state index contributed by atoms with van der Waals surface area (Å²) in [6.45, 7) is 6.21. The molecule has 1 rings (SSSR count). The van der Waals surface area contributed by atoms with Crippen LogP contribution in [0.1, 0.15) is 40.0 Å². The zero-order valence-corrected chi connectivity index (χ0v) is 9.49. The summed E-state index contributed by atoms with van der Waals surface area (Å²) in [6, 6.07) is 0.165. The first kappa shape index (κ1) is 12.0. The van der Waals surface area contributed by atoms with E-state index in [9.17, 15) is 5.11 Å². The Morgan fingerprint density at radius 1 is 1.50 bits per heavy atom. The van der Waals surface area contributed by atoms with Crippen molar-refractivity contribution >= 4 is 0 Å². The maximum absolute atomic E-state index is 9.97. The molecule has 0 aliphatic heterocycles. The summed E-state index contributed by atoms with van der Waals surface area (Å²) < 4.78 is 5.67. The second-order valence-corrected chi connectivity index (χ2v) is 4.96. The van der Waals surface area contributed by atoms with Crippen LogP contribution < -0.4 is 5.73 Å². The SMILES string of the molecule is CC(C)C(C)(O)COC1CCCC1N. The maximum atomic E-state index is 9.97. The quantitative estimate of drug-likeness (QED) is 0.720. The third kappa shape index (κ3) is 2.94. The zero-order valence-electron chi connectivity index (χ0n) is 9.49. The Morgan fingerprint density at radius 2 is 2.14 bits per heavy atom. The molecule has 0 amide bonds. The molecular formula is C11H23NO2. The van der Waals surface area contributed by atoms with Gasteiger partial charge in [0.15, 0.2) is 0 Å². The zero-order chi connectivity index (χ0) is 10.8. The molecule has 1 aliphatic rings. The Hall–Kier alpha value is -0.120. The van der Waals surface area contributed by atoms with E-state index in [1.54, 1.807) is 0 Å². The summed E-state index contributed by atoms with van der Waals surface area (Å²) in [6.07, 6.45) is 3.39. The van der Waals surface area contributed by atoms with E-state index < -0.39 is 5.60 Å². The molecular weight excluding hydrogens is 178 g/mol. The lowest BCUT2D eigenvalue weighted by Crippen LogP contribution is -2.41. The van der Waals surface area contributed by atoms with Crippen LogP contribution >= 0.6 is 0 Å². The molecule has 3 heteroatoms. The molecule has 0 aromatic heterocycles. The molecule has 14 heavy (non-hydrogen) atoms. The molecule has 0 aromatic carbocycles. The molecule has 0 spiro atoms. The number of aliphatic hydroxyl groups is 1. The van der Waals surface area contributed by atoms with E-state index in [0.717, 1.165) is 19.3 Å². The summed E-state index contributed by atoms with van der Waals surface area (Å²) in [5.41, 5.74) is 5.14. The molecule has 3 nitrogen and oxygen atoms in total. The molecule has 0 bridgehead atoms. The van der Waals surface area contributed by atoms with Crippen molar-refractivity contribution in [2.24, 2.45) is 11.7 Å². The Bertz CT molecular complexity index is 180. The van der Waals surface area contributed by atoms with Crippen molar-refractivity contribution < 1.29 is 9.84 Å². The van der Waals surface area contributed by atoms with Gasteiger partial charge in [-0.2, -0.15) is 0 Å². The standard InChI is InChI=1S/C11H23NO2/c1-8(2)11(3,13)7-14-10-6-4-5-9(10)12/h8-10,13H,4-7,12H2,1-3H3. The van der Waals surface area contributed by atoms with Gasteiger partial charge in [0.1, 0.15) is 0 Å². The third-order valence-corrected chi connectivity index (χ3v) is 3.34. The highest BCUT2D eigenvalue weighted by molar-refractivity contribution is 4.83. The minimum Gasteiger partial charge on any atom is -0.388 e. The van der Waals surface area contributed by atoms with Gasteiger partial charge in [-0.1, -0.05) is 13.8 Å². The Labute approximate surface area is 86.6 Å². The minimum absolute atomic E-state index is 0.153. The molecule has 1 saturated carbocycles. The topological polar surface area (TPSA) is 55.5 Å². The number of hydrogen-bond acceptors (Lipinski definition) is 3. The smallest absolute Gasteiger partial charge is 0.0875 e. The second-order valence-electron chi connectivity index (χ2n) is 4.96. The Balaban J connectivity index is 2.32. The van der Waals surface area contributed by atoms with E-state index in [1.807, 2.05) is 20.8 Å². The fraction of sp³-hybridized carbons (Fsp3) is 1.00. The van der Waals surface area contributed by atoms with Gasteiger partial charge in [-0.25, -0.2) is 0 Å². The highest BCUT2D eigenvalue weighted by Crippen LogP contribution is 2.23. The Kier molecular flexibility index (Phi) is 3.93. The monoisotopic (exact) mass is 201 g/mol. The van der Waals surface area contributed by atoms with Crippen molar-refractivity contribution in [3.05, 3.63) is 0 Å². The summed E-state index contributed by atoms with van der Waals surface area (Å²) in [4.78, 5) is 0. The molecule has 1 aliphatic carbocycles. The summed E-state index contributed by atoms with van der Waals surface area (Å²) in [5, 5.41) is 9.97. The molecule has 0 aromatic rings. The second kappa shape index (κ2) is 4.60. The van der Waals surface area contributed by atoms with Gasteiger partial charge in [-0.15, -0.1) is 0 Å². The van der Waals surface area contributed by atoms with E-state index in [2.05, 4.69) is 0 Å². The van der Waals surface area contributed by atoms with Crippen LogP contribution in [-0.4, -0.2) is 29.5 Å². The lowest BCUT2D eigenvalue weighted by atomic mass is 9.93. The van der Waals surface area contributed by atoms with Crippen LogP contribution in [0.5, 0.6) is 0 Å². The molecule has 0 heterocycles. The first-order valence-corrected chi connectivity index (χ1v) is 5.53. The van der Waals surface area contributed by atoms with Crippen LogP contribution in [0.15, 0.2) is 0 Å². The van der Waals surface area contributed by atoms with Crippen LogP contribution in [0.4, 0.5) is 0 Å². The van der Waals surface area contributed by atoms with Crippen LogP contribution in [0.3, 0.4) is 0 Å². The molecule has 3 N–H and O–H groups in total. The molecule has 3 atom stereocenters. The van der Waals surface area contributed by atoms with Gasteiger partial charge in [0.05, 0.1) is 18.3 Å². The number of rotatable bonds is 4. The van der Waals surface area contributed by atoms with Gasteiger partial charge in [-0.05, 0) is 32.1 Å². The van der Waals surface area contributed by atoms with Crippen molar-refractivity contribution in [1.82, 2.24) is 0 Å². The van der Waals surface area contributed by atoms with E-state index in [0.29, 0.717) is 6.61 Å². The molecule has 1 fully saturated rings. The first-order valence-electron chi connectivity index (χ1n) is 5.53. The van der Waals surface area contributed by atoms with Crippen molar-refractivity contribution in [3.63, 3.8) is 0 Å². The van der Waals surface area contributed by atoms with Crippen LogP contribution in [0, 0.1) is 5.92 Å². The van der Waals surface area contributed by atoms with Crippen LogP contribution in [0.2, 0.25) is 0 Å². The minimum atomic E-state index is -0.734. The van der Waals surface area contributed by atoms with E-state index in [4.69, 9.17) is 10.5 Å². The van der Waals surface area contributed by atoms with Gasteiger partial charge >= 0.3 is 0 Å². The summed E-state index contributed by atoms with van der Waals surface area (Å²) >= 11 is 0. The summed E-state index contributed by atoms with van der Waals surface area (Å²) in [5.74, 6) is 0.208. The average Bonchev–Trinajstić information content (AvgIpc) is 2.47. The fourth-order valence-corrected chi connectivity index (χ4v) is 1.60. The van der Waals surface area contributed by atoms with E-state index >= 15 is 0 Å². The summed E-state index contributed by atoms with van der Waals surface area (Å²) in [7, 11) is 0.